The lowest BCUT2D eigenvalue weighted by atomic mass is 9.75. The van der Waals surface area contributed by atoms with Gasteiger partial charge in [-0.25, -0.2) is 14.4 Å². The predicted octanol–water partition coefficient (Wildman–Crippen LogP) is 2.65. The van der Waals surface area contributed by atoms with E-state index in [0.29, 0.717) is 49.3 Å². The number of rotatable bonds is 1. The molecule has 0 radical (unpaired) electrons. The number of quaternary nitrogens is 1. The molecule has 0 amide bonds. The van der Waals surface area contributed by atoms with E-state index in [4.69, 9.17) is 4.74 Å². The van der Waals surface area contributed by atoms with Crippen LogP contribution in [0.2, 0.25) is 0 Å². The van der Waals surface area contributed by atoms with Gasteiger partial charge in [0.1, 0.15) is 18.2 Å². The number of pyridine rings is 1. The summed E-state index contributed by atoms with van der Waals surface area (Å²) in [6.45, 7) is 2.37. The molecule has 2 bridgehead atoms. The average Bonchev–Trinajstić information content (AvgIpc) is 2.97. The Kier molecular flexibility index (Phi) is 3.08. The average molecular weight is 342 g/mol. The first kappa shape index (κ1) is 15.0. The maximum Gasteiger partial charge on any atom is 0.291 e. The fourth-order valence-electron chi connectivity index (χ4n) is 4.47. The number of piperidine rings is 3. The fraction of sp³-hybridized carbons (Fsp3) is 0.444. The summed E-state index contributed by atoms with van der Waals surface area (Å²) in [5, 5.41) is 17.0. The molecule has 5 heterocycles. The molecule has 1 aromatic carbocycles. The molecule has 130 valence electrons. The van der Waals surface area contributed by atoms with Crippen LogP contribution in [-0.2, 0) is 4.74 Å². The number of hydroxylamine groups is 3. The van der Waals surface area contributed by atoms with E-state index >= 15 is 0 Å². The highest BCUT2D eigenvalue weighted by Gasteiger charge is 2.56. The quantitative estimate of drug-likeness (QED) is 0.639. The predicted molar refractivity (Wildman–Crippen MR) is 92.4 cm³/mol. The zero-order valence-electron chi connectivity index (χ0n) is 13.7. The molecule has 4 aliphatic heterocycles. The van der Waals surface area contributed by atoms with Gasteiger partial charge in [-0.3, -0.25) is 5.32 Å². The molecule has 1 unspecified atom stereocenters. The zero-order chi connectivity index (χ0) is 17.1. The van der Waals surface area contributed by atoms with Gasteiger partial charge >= 0.3 is 0 Å². The number of halogens is 1. The van der Waals surface area contributed by atoms with Crippen LogP contribution >= 0.6 is 0 Å². The Morgan fingerprint density at radius 2 is 2.16 bits per heavy atom. The lowest BCUT2D eigenvalue weighted by molar-refractivity contribution is -0.905. The molecule has 2 aromatic rings. The molecule has 25 heavy (non-hydrogen) atoms. The number of ether oxygens (including phenoxy) is 1. The van der Waals surface area contributed by atoms with Crippen molar-refractivity contribution in [2.24, 2.45) is 10.9 Å². The molecular weight excluding hydrogens is 323 g/mol. The van der Waals surface area contributed by atoms with Crippen LogP contribution in [0, 0.1) is 16.9 Å². The second kappa shape index (κ2) is 5.12. The Hall–Kier alpha value is -2.25. The van der Waals surface area contributed by atoms with Crippen molar-refractivity contribution in [1.82, 2.24) is 4.98 Å². The van der Waals surface area contributed by atoms with Crippen LogP contribution in [0.15, 0.2) is 35.5 Å². The highest BCUT2D eigenvalue weighted by atomic mass is 19.1. The van der Waals surface area contributed by atoms with Crippen LogP contribution in [0.25, 0.3) is 10.8 Å². The number of anilines is 1. The van der Waals surface area contributed by atoms with Gasteiger partial charge in [0.2, 0.25) is 0 Å². The first-order valence-corrected chi connectivity index (χ1v) is 8.67. The van der Waals surface area contributed by atoms with Gasteiger partial charge in [0.25, 0.3) is 6.02 Å². The van der Waals surface area contributed by atoms with Crippen molar-refractivity contribution in [2.45, 2.75) is 18.4 Å². The molecule has 1 spiro atoms. The second-order valence-corrected chi connectivity index (χ2v) is 7.38. The molecule has 1 N–H and O–H groups in total. The van der Waals surface area contributed by atoms with Gasteiger partial charge in [0.15, 0.2) is 5.60 Å². The third-order valence-corrected chi connectivity index (χ3v) is 5.81. The topological polar surface area (TPSA) is 69.6 Å². The Morgan fingerprint density at radius 1 is 1.32 bits per heavy atom. The number of nitrogens with one attached hydrogen (secondary N) is 1. The minimum Gasteiger partial charge on any atom is -0.633 e. The second-order valence-electron chi connectivity index (χ2n) is 7.38. The normalized spacial score (nSPS) is 33.5. The standard InChI is InChI=1S/C18H19FN4O2/c19-15-3-1-2-12-8-16(20-9-14(12)15)22-17-21-10-18(25-17)11-23(24)6-4-13(18)5-7-23/h1-3,8-9,13H,4-7,10-11H2,(H,20,21,22). The summed E-state index contributed by atoms with van der Waals surface area (Å²) in [5.74, 6) is 0.658. The maximum atomic E-state index is 13.7. The van der Waals surface area contributed by atoms with Gasteiger partial charge in [0, 0.05) is 30.3 Å². The Labute approximate surface area is 144 Å². The fourth-order valence-corrected chi connectivity index (χ4v) is 4.47. The van der Waals surface area contributed by atoms with Crippen LogP contribution in [0.3, 0.4) is 0 Å². The SMILES string of the molecule is [O-][N+]12CCC(CC1)C1(CN=C(Nc3cc4cccc(F)c4cn3)O1)C2. The summed E-state index contributed by atoms with van der Waals surface area (Å²) in [4.78, 5) is 8.72. The molecule has 1 atom stereocenters. The van der Waals surface area contributed by atoms with Gasteiger partial charge < -0.3 is 14.6 Å². The van der Waals surface area contributed by atoms with Gasteiger partial charge in [-0.05, 0) is 17.5 Å². The molecule has 7 heteroatoms. The van der Waals surface area contributed by atoms with Crippen molar-refractivity contribution in [1.29, 1.82) is 0 Å². The molecule has 1 aromatic heterocycles. The first-order valence-electron chi connectivity index (χ1n) is 8.67. The van der Waals surface area contributed by atoms with E-state index in [1.54, 1.807) is 12.1 Å². The van der Waals surface area contributed by atoms with Crippen molar-refractivity contribution in [3.63, 3.8) is 0 Å². The number of amidine groups is 1. The van der Waals surface area contributed by atoms with Crippen molar-refractivity contribution >= 4 is 22.6 Å². The van der Waals surface area contributed by atoms with Gasteiger partial charge in [-0.15, -0.1) is 0 Å². The van der Waals surface area contributed by atoms with E-state index < -0.39 is 5.60 Å². The summed E-state index contributed by atoms with van der Waals surface area (Å²) in [7, 11) is 0. The smallest absolute Gasteiger partial charge is 0.291 e. The summed E-state index contributed by atoms with van der Waals surface area (Å²) in [5.41, 5.74) is -0.469. The Bertz CT molecular complexity index is 879. The minimum absolute atomic E-state index is 0.160. The molecule has 6 rings (SSSR count). The lowest BCUT2D eigenvalue weighted by Gasteiger charge is -2.58. The number of hydrogen-bond acceptors (Lipinski definition) is 5. The molecular formula is C18H19FN4O2. The molecule has 4 aliphatic rings. The largest absolute Gasteiger partial charge is 0.633 e. The Morgan fingerprint density at radius 3 is 2.96 bits per heavy atom. The lowest BCUT2D eigenvalue weighted by Crippen LogP contribution is -2.67. The van der Waals surface area contributed by atoms with Gasteiger partial charge in [-0.1, -0.05) is 12.1 Å². The number of hydrogen-bond donors (Lipinski definition) is 1. The minimum atomic E-state index is -0.469. The van der Waals surface area contributed by atoms with Crippen molar-refractivity contribution in [3.8, 4) is 0 Å². The number of aromatic nitrogens is 1. The highest BCUT2D eigenvalue weighted by molar-refractivity contribution is 5.92. The third kappa shape index (κ3) is 2.38. The zero-order valence-corrected chi connectivity index (χ0v) is 13.7. The first-order chi connectivity index (χ1) is 12.1. The highest BCUT2D eigenvalue weighted by Crippen LogP contribution is 2.44. The van der Waals surface area contributed by atoms with Gasteiger partial charge in [-0.2, -0.15) is 0 Å². The van der Waals surface area contributed by atoms with E-state index in [1.807, 2.05) is 6.07 Å². The van der Waals surface area contributed by atoms with Crippen LogP contribution < -0.4 is 5.32 Å². The van der Waals surface area contributed by atoms with Crippen molar-refractivity contribution < 1.29 is 13.8 Å². The third-order valence-electron chi connectivity index (χ3n) is 5.81. The monoisotopic (exact) mass is 342 g/mol. The van der Waals surface area contributed by atoms with E-state index in [-0.39, 0.29) is 10.5 Å². The summed E-state index contributed by atoms with van der Waals surface area (Å²) in [6.07, 6.45) is 3.31. The van der Waals surface area contributed by atoms with Crippen LogP contribution in [0.4, 0.5) is 10.2 Å². The molecule has 3 fully saturated rings. The molecule has 6 nitrogen and oxygen atoms in total. The molecule has 0 aliphatic carbocycles. The summed E-state index contributed by atoms with van der Waals surface area (Å²) in [6, 6.07) is 7.10. The van der Waals surface area contributed by atoms with E-state index in [9.17, 15) is 9.60 Å². The van der Waals surface area contributed by atoms with Crippen LogP contribution in [-0.4, -0.2) is 47.4 Å². The maximum absolute atomic E-state index is 13.7. The van der Waals surface area contributed by atoms with Crippen LogP contribution in [0.1, 0.15) is 12.8 Å². The number of nitrogens with zero attached hydrogens (tertiary/aromatic N) is 3. The molecule has 0 saturated carbocycles. The summed E-state index contributed by atoms with van der Waals surface area (Å²) >= 11 is 0. The Balaban J connectivity index is 1.36. The number of fused-ring (bicyclic) bond motifs is 3. The summed E-state index contributed by atoms with van der Waals surface area (Å²) < 4.78 is 19.7. The van der Waals surface area contributed by atoms with Gasteiger partial charge in [0.05, 0.1) is 19.6 Å². The number of aliphatic imine (C=N–C) groups is 1. The number of benzene rings is 1. The van der Waals surface area contributed by atoms with Crippen molar-refractivity contribution in [3.05, 3.63) is 41.5 Å². The van der Waals surface area contributed by atoms with Crippen LogP contribution in [0.5, 0.6) is 0 Å². The molecule has 3 saturated heterocycles. The van der Waals surface area contributed by atoms with E-state index in [1.165, 1.54) is 12.3 Å². The van der Waals surface area contributed by atoms with Crippen molar-refractivity contribution in [2.75, 3.05) is 31.5 Å². The van der Waals surface area contributed by atoms with E-state index in [0.717, 1.165) is 18.2 Å². The van der Waals surface area contributed by atoms with E-state index in [2.05, 4.69) is 15.3 Å².